The van der Waals surface area contributed by atoms with Crippen molar-refractivity contribution in [3.05, 3.63) is 70.3 Å². The first-order valence-corrected chi connectivity index (χ1v) is 12.5. The normalized spacial score (nSPS) is 13.1. The van der Waals surface area contributed by atoms with Crippen molar-refractivity contribution in [2.45, 2.75) is 63.9 Å². The van der Waals surface area contributed by atoms with Gasteiger partial charge in [-0.3, -0.25) is 0 Å². The Morgan fingerprint density at radius 1 is 0.850 bits per heavy atom. The fourth-order valence-electron chi connectivity index (χ4n) is 4.62. The molecule has 0 aromatic heterocycles. The minimum absolute atomic E-state index is 0.0165. The summed E-state index contributed by atoms with van der Waals surface area (Å²) in [5, 5.41) is 0. The lowest BCUT2D eigenvalue weighted by molar-refractivity contribution is -0.372. The van der Waals surface area contributed by atoms with E-state index in [0.717, 1.165) is 29.9 Å². The molecule has 0 saturated carbocycles. The van der Waals surface area contributed by atoms with Gasteiger partial charge in [0.2, 0.25) is 0 Å². The lowest BCUT2D eigenvalue weighted by atomic mass is 9.70. The molecular formula is C29H34F6O5. The Morgan fingerprint density at radius 3 is 1.85 bits per heavy atom. The van der Waals surface area contributed by atoms with Gasteiger partial charge in [0.15, 0.2) is 6.61 Å². The van der Waals surface area contributed by atoms with Gasteiger partial charge in [0.05, 0.1) is 7.11 Å². The summed E-state index contributed by atoms with van der Waals surface area (Å²) in [6, 6.07) is 10.5. The second-order valence-corrected chi connectivity index (χ2v) is 9.32. The quantitative estimate of drug-likeness (QED) is 0.149. The van der Waals surface area contributed by atoms with Gasteiger partial charge in [-0.15, -0.1) is 0 Å². The summed E-state index contributed by atoms with van der Waals surface area (Å²) in [6.45, 7) is 6.01. The number of hydrogen-bond donors (Lipinski definition) is 0. The second-order valence-electron chi connectivity index (χ2n) is 9.32. The maximum Gasteiger partial charge on any atom is 0.430 e. The predicted molar refractivity (Wildman–Crippen MR) is 138 cm³/mol. The number of aryl methyl sites for hydroxylation is 2. The number of alkyl halides is 6. The van der Waals surface area contributed by atoms with E-state index in [2.05, 4.69) is 14.2 Å². The van der Waals surface area contributed by atoms with Gasteiger partial charge in [-0.25, -0.2) is 4.79 Å². The average molecular weight is 577 g/mol. The molecule has 0 amide bonds. The van der Waals surface area contributed by atoms with Crippen molar-refractivity contribution in [3.8, 4) is 5.75 Å². The summed E-state index contributed by atoms with van der Waals surface area (Å²) < 4.78 is 101. The third kappa shape index (κ3) is 6.80. The number of esters is 1. The Morgan fingerprint density at radius 2 is 1.40 bits per heavy atom. The van der Waals surface area contributed by atoms with Crippen molar-refractivity contribution in [1.82, 2.24) is 0 Å². The minimum atomic E-state index is -5.78. The molecule has 0 saturated heterocycles. The second kappa shape index (κ2) is 13.1. The third-order valence-electron chi connectivity index (χ3n) is 7.07. The highest BCUT2D eigenvalue weighted by Gasteiger charge is 2.71. The Kier molecular flexibility index (Phi) is 10.8. The summed E-state index contributed by atoms with van der Waals surface area (Å²) in [7, 11) is 2.20. The lowest BCUT2D eigenvalue weighted by Crippen LogP contribution is -2.57. The van der Waals surface area contributed by atoms with Crippen molar-refractivity contribution in [2.24, 2.45) is 0 Å². The molecule has 0 bridgehead atoms. The Balaban J connectivity index is 2.52. The number of methoxy groups -OCH3 is 2. The van der Waals surface area contributed by atoms with Gasteiger partial charge in [0.25, 0.3) is 5.60 Å². The van der Waals surface area contributed by atoms with Gasteiger partial charge in [0, 0.05) is 12.5 Å². The summed E-state index contributed by atoms with van der Waals surface area (Å²) in [6.07, 6.45) is -9.48. The Labute approximate surface area is 230 Å². The van der Waals surface area contributed by atoms with Gasteiger partial charge >= 0.3 is 18.3 Å². The highest BCUT2D eigenvalue weighted by Crippen LogP contribution is 2.47. The Hall–Kier alpha value is -3.05. The summed E-state index contributed by atoms with van der Waals surface area (Å²) in [5.41, 5.74) is -1.79. The van der Waals surface area contributed by atoms with E-state index >= 15 is 0 Å². The summed E-state index contributed by atoms with van der Waals surface area (Å²) in [5.74, 6) is -0.00190. The number of carbonyl (C=O) groups excluding carboxylic acids is 1. The topological polar surface area (TPSA) is 54.0 Å². The smallest absolute Gasteiger partial charge is 0.430 e. The van der Waals surface area contributed by atoms with E-state index in [4.69, 9.17) is 4.74 Å². The monoisotopic (exact) mass is 576 g/mol. The molecule has 0 unspecified atom stereocenters. The van der Waals surface area contributed by atoms with Crippen LogP contribution in [0.4, 0.5) is 26.3 Å². The van der Waals surface area contributed by atoms with Crippen molar-refractivity contribution in [2.75, 3.05) is 27.6 Å². The molecule has 2 aromatic rings. The van der Waals surface area contributed by atoms with E-state index < -0.39 is 36.1 Å². The molecule has 0 radical (unpaired) electrons. The number of benzene rings is 2. The molecule has 2 rings (SSSR count). The van der Waals surface area contributed by atoms with E-state index in [1.165, 1.54) is 13.2 Å². The highest BCUT2D eigenvalue weighted by molar-refractivity contribution is 5.71. The first-order valence-electron chi connectivity index (χ1n) is 12.5. The molecule has 0 spiro atoms. The van der Waals surface area contributed by atoms with Crippen LogP contribution >= 0.6 is 0 Å². The molecule has 11 heteroatoms. The molecule has 0 atom stereocenters. The molecule has 40 heavy (non-hydrogen) atoms. The van der Waals surface area contributed by atoms with Crippen LogP contribution in [0.15, 0.2) is 42.5 Å². The number of carbonyl (C=O) groups is 1. The van der Waals surface area contributed by atoms with Crippen LogP contribution in [0.1, 0.15) is 54.5 Å². The third-order valence-corrected chi connectivity index (χ3v) is 7.07. The van der Waals surface area contributed by atoms with Crippen LogP contribution in [0.5, 0.6) is 5.75 Å². The molecule has 0 fully saturated rings. The fraction of sp³-hybridized carbons (Fsp3) is 0.483. The van der Waals surface area contributed by atoms with Crippen molar-refractivity contribution >= 4 is 12.0 Å². The van der Waals surface area contributed by atoms with E-state index in [9.17, 15) is 31.1 Å². The van der Waals surface area contributed by atoms with E-state index in [1.54, 1.807) is 25.1 Å². The molecule has 0 aliphatic rings. The molecule has 222 valence electrons. The van der Waals surface area contributed by atoms with Crippen LogP contribution < -0.4 is 4.74 Å². The number of ether oxygens (including phenoxy) is 4. The van der Waals surface area contributed by atoms with Crippen molar-refractivity contribution in [3.63, 3.8) is 0 Å². The van der Waals surface area contributed by atoms with Crippen molar-refractivity contribution in [1.29, 1.82) is 0 Å². The number of rotatable bonds is 12. The van der Waals surface area contributed by atoms with Crippen LogP contribution in [-0.2, 0) is 24.4 Å². The molecular weight excluding hydrogens is 542 g/mol. The minimum Gasteiger partial charge on any atom is -0.482 e. The zero-order valence-corrected chi connectivity index (χ0v) is 23.3. The van der Waals surface area contributed by atoms with Crippen LogP contribution in [-0.4, -0.2) is 51.5 Å². The van der Waals surface area contributed by atoms with Crippen LogP contribution in [0, 0.1) is 13.8 Å². The van der Waals surface area contributed by atoms with E-state index in [1.807, 2.05) is 32.9 Å². The molecule has 2 aromatic carbocycles. The highest BCUT2D eigenvalue weighted by atomic mass is 19.4. The van der Waals surface area contributed by atoms with Gasteiger partial charge in [0.1, 0.15) is 12.5 Å². The maximum absolute atomic E-state index is 13.7. The molecule has 0 heterocycles. The largest absolute Gasteiger partial charge is 0.482 e. The fourth-order valence-corrected chi connectivity index (χ4v) is 4.62. The molecule has 0 aliphatic heterocycles. The predicted octanol–water partition coefficient (Wildman–Crippen LogP) is 7.46. The molecule has 0 N–H and O–H groups in total. The first-order chi connectivity index (χ1) is 18.6. The Bertz CT molecular complexity index is 1170. The van der Waals surface area contributed by atoms with Crippen LogP contribution in [0.2, 0.25) is 0 Å². The van der Waals surface area contributed by atoms with E-state index in [-0.39, 0.29) is 18.2 Å². The van der Waals surface area contributed by atoms with Gasteiger partial charge in [-0.2, -0.15) is 26.3 Å². The first kappa shape index (κ1) is 33.2. The van der Waals surface area contributed by atoms with Crippen LogP contribution in [0.3, 0.4) is 0 Å². The zero-order chi connectivity index (χ0) is 30.4. The maximum atomic E-state index is 13.7. The number of hydrogen-bond acceptors (Lipinski definition) is 5. The van der Waals surface area contributed by atoms with Gasteiger partial charge < -0.3 is 18.9 Å². The SMILES string of the molecule is CCC(CC)(c1ccc(C=CC(OCOC)(C(F)(F)F)C(F)(F)F)c(C)c1)c1ccc(OCC(=O)OC)c(C)c1. The van der Waals surface area contributed by atoms with Crippen molar-refractivity contribution < 1.29 is 50.1 Å². The van der Waals surface area contributed by atoms with E-state index in [0.29, 0.717) is 24.2 Å². The zero-order valence-electron chi connectivity index (χ0n) is 23.3. The standard InChI is InChI=1S/C29H34F6O5/c1-7-26(8-2,23-11-12-24(20(4)16-23)39-17-25(36)38-6)22-10-9-21(19(3)15-22)13-14-27(28(30,31)32,29(33,34)35)40-18-37-5/h9-16H,7-8,17-18H2,1-6H3. The number of halogens is 6. The van der Waals surface area contributed by atoms with Gasteiger partial charge in [-0.05, 0) is 66.6 Å². The summed E-state index contributed by atoms with van der Waals surface area (Å²) in [4.78, 5) is 11.4. The summed E-state index contributed by atoms with van der Waals surface area (Å²) >= 11 is 0. The lowest BCUT2D eigenvalue weighted by Gasteiger charge is -2.35. The van der Waals surface area contributed by atoms with Gasteiger partial charge in [-0.1, -0.05) is 50.3 Å². The molecule has 0 aliphatic carbocycles. The molecule has 5 nitrogen and oxygen atoms in total. The average Bonchev–Trinajstić information content (AvgIpc) is 2.88. The van der Waals surface area contributed by atoms with Crippen LogP contribution in [0.25, 0.3) is 6.08 Å².